The highest BCUT2D eigenvalue weighted by Crippen LogP contribution is 2.36. The van der Waals surface area contributed by atoms with Gasteiger partial charge in [0.15, 0.2) is 5.43 Å². The van der Waals surface area contributed by atoms with Crippen LogP contribution in [0, 0.1) is 5.41 Å². The molecule has 0 radical (unpaired) electrons. The third kappa shape index (κ3) is 5.22. The quantitative estimate of drug-likeness (QED) is 0.458. The predicted octanol–water partition coefficient (Wildman–Crippen LogP) is 6.18. The molecule has 0 bridgehead atoms. The first-order chi connectivity index (χ1) is 16.2. The molecule has 1 N–H and O–H groups in total. The van der Waals surface area contributed by atoms with E-state index < -0.39 is 5.41 Å². The lowest BCUT2D eigenvalue weighted by molar-refractivity contribution is -0.154. The van der Waals surface area contributed by atoms with Crippen molar-refractivity contribution in [3.63, 3.8) is 0 Å². The van der Waals surface area contributed by atoms with Crippen LogP contribution in [0.15, 0.2) is 57.7 Å². The molecule has 0 saturated heterocycles. The summed E-state index contributed by atoms with van der Waals surface area (Å²) in [7, 11) is 0. The fourth-order valence-corrected chi connectivity index (χ4v) is 4.31. The molecule has 1 amide bonds. The number of benzene rings is 2. The molecule has 6 heteroatoms. The van der Waals surface area contributed by atoms with Crippen LogP contribution in [-0.4, -0.2) is 11.9 Å². The Hall–Kier alpha value is -3.41. The molecule has 1 fully saturated rings. The molecule has 1 aliphatic carbocycles. The zero-order valence-corrected chi connectivity index (χ0v) is 20.0. The van der Waals surface area contributed by atoms with Crippen molar-refractivity contribution in [2.75, 3.05) is 5.32 Å². The Morgan fingerprint density at radius 1 is 1.03 bits per heavy atom. The van der Waals surface area contributed by atoms with Gasteiger partial charge in [0.25, 0.3) is 5.91 Å². The van der Waals surface area contributed by atoms with Crippen molar-refractivity contribution >= 4 is 28.5 Å². The highest BCUT2D eigenvalue weighted by molar-refractivity contribution is 6.05. The third-order valence-electron chi connectivity index (χ3n) is 6.25. The Labute approximate surface area is 199 Å². The molecule has 0 atom stereocenters. The SMILES string of the molecule is CC(C)(C)C(=O)OCc1c(C2CCCCC2)oc2ccc(NC(=O)c3ccccc3)cc2c1=O. The van der Waals surface area contributed by atoms with E-state index in [-0.39, 0.29) is 29.8 Å². The highest BCUT2D eigenvalue weighted by atomic mass is 16.5. The Kier molecular flexibility index (Phi) is 6.87. The third-order valence-corrected chi connectivity index (χ3v) is 6.25. The Morgan fingerprint density at radius 3 is 2.41 bits per heavy atom. The molecule has 3 aromatic rings. The van der Waals surface area contributed by atoms with Crippen molar-refractivity contribution in [1.29, 1.82) is 0 Å². The molecule has 1 aromatic heterocycles. The minimum Gasteiger partial charge on any atom is -0.460 e. The van der Waals surface area contributed by atoms with Crippen LogP contribution < -0.4 is 10.7 Å². The maximum Gasteiger partial charge on any atom is 0.311 e. The van der Waals surface area contributed by atoms with Crippen molar-refractivity contribution in [3.8, 4) is 0 Å². The van der Waals surface area contributed by atoms with Crippen LogP contribution >= 0.6 is 0 Å². The van der Waals surface area contributed by atoms with Gasteiger partial charge < -0.3 is 14.5 Å². The Balaban J connectivity index is 1.71. The number of anilines is 1. The first-order valence-corrected chi connectivity index (χ1v) is 11.9. The van der Waals surface area contributed by atoms with Crippen LogP contribution in [0.1, 0.15) is 80.5 Å². The zero-order chi connectivity index (χ0) is 24.3. The molecule has 0 spiro atoms. The number of hydrogen-bond donors (Lipinski definition) is 1. The fourth-order valence-electron chi connectivity index (χ4n) is 4.31. The number of nitrogens with one attached hydrogen (secondary N) is 1. The van der Waals surface area contributed by atoms with Crippen LogP contribution in [0.25, 0.3) is 11.0 Å². The van der Waals surface area contributed by atoms with Gasteiger partial charge in [-0.3, -0.25) is 14.4 Å². The average molecular weight is 462 g/mol. The van der Waals surface area contributed by atoms with E-state index >= 15 is 0 Å². The van der Waals surface area contributed by atoms with Crippen molar-refractivity contribution in [1.82, 2.24) is 0 Å². The van der Waals surface area contributed by atoms with E-state index in [1.165, 1.54) is 6.42 Å². The van der Waals surface area contributed by atoms with Crippen LogP contribution in [0.5, 0.6) is 0 Å². The summed E-state index contributed by atoms with van der Waals surface area (Å²) in [5.74, 6) is 0.125. The summed E-state index contributed by atoms with van der Waals surface area (Å²) in [5.41, 5.74) is 0.988. The van der Waals surface area contributed by atoms with Gasteiger partial charge in [-0.15, -0.1) is 0 Å². The van der Waals surface area contributed by atoms with Crippen LogP contribution in [0.2, 0.25) is 0 Å². The predicted molar refractivity (Wildman–Crippen MR) is 132 cm³/mol. The second-order valence-corrected chi connectivity index (χ2v) is 9.97. The summed E-state index contributed by atoms with van der Waals surface area (Å²) < 4.78 is 11.8. The highest BCUT2D eigenvalue weighted by Gasteiger charge is 2.28. The summed E-state index contributed by atoms with van der Waals surface area (Å²) >= 11 is 0. The second kappa shape index (κ2) is 9.84. The lowest BCUT2D eigenvalue weighted by Gasteiger charge is -2.24. The molecule has 4 rings (SSSR count). The Morgan fingerprint density at radius 2 is 1.74 bits per heavy atom. The summed E-state index contributed by atoms with van der Waals surface area (Å²) in [4.78, 5) is 38.6. The lowest BCUT2D eigenvalue weighted by Crippen LogP contribution is -2.25. The van der Waals surface area contributed by atoms with Crippen LogP contribution in [0.3, 0.4) is 0 Å². The number of amides is 1. The first kappa shape index (κ1) is 23.7. The molecule has 0 unspecified atom stereocenters. The zero-order valence-electron chi connectivity index (χ0n) is 20.0. The molecule has 1 heterocycles. The normalized spacial score (nSPS) is 14.7. The van der Waals surface area contributed by atoms with Crippen molar-refractivity contribution in [2.45, 2.75) is 65.4 Å². The number of hydrogen-bond acceptors (Lipinski definition) is 5. The largest absolute Gasteiger partial charge is 0.460 e. The number of carbonyl (C=O) groups excluding carboxylic acids is 2. The fraction of sp³-hybridized carbons (Fsp3) is 0.393. The second-order valence-electron chi connectivity index (χ2n) is 9.97. The maximum absolute atomic E-state index is 13.6. The first-order valence-electron chi connectivity index (χ1n) is 11.9. The molecule has 0 aliphatic heterocycles. The van der Waals surface area contributed by atoms with Gasteiger partial charge in [0.05, 0.1) is 16.4 Å². The number of carbonyl (C=O) groups is 2. The van der Waals surface area contributed by atoms with E-state index in [4.69, 9.17) is 9.15 Å². The topological polar surface area (TPSA) is 85.6 Å². The minimum absolute atomic E-state index is 0.124. The smallest absolute Gasteiger partial charge is 0.311 e. The molecule has 6 nitrogen and oxygen atoms in total. The molecule has 2 aromatic carbocycles. The molecule has 1 saturated carbocycles. The van der Waals surface area contributed by atoms with E-state index in [0.29, 0.717) is 33.5 Å². The van der Waals surface area contributed by atoms with Gasteiger partial charge >= 0.3 is 5.97 Å². The summed E-state index contributed by atoms with van der Waals surface area (Å²) in [6, 6.07) is 14.0. The Bertz CT molecular complexity index is 1250. The number of fused-ring (bicyclic) bond motifs is 1. The van der Waals surface area contributed by atoms with E-state index in [2.05, 4.69) is 5.32 Å². The molecular weight excluding hydrogens is 430 g/mol. The van der Waals surface area contributed by atoms with Crippen LogP contribution in [0.4, 0.5) is 5.69 Å². The van der Waals surface area contributed by atoms with E-state index in [1.807, 2.05) is 6.07 Å². The molecule has 34 heavy (non-hydrogen) atoms. The van der Waals surface area contributed by atoms with Gasteiger partial charge in [-0.2, -0.15) is 0 Å². The number of ether oxygens (including phenoxy) is 1. The van der Waals surface area contributed by atoms with E-state index in [0.717, 1.165) is 25.7 Å². The number of rotatable bonds is 5. The monoisotopic (exact) mass is 461 g/mol. The van der Waals surface area contributed by atoms with Gasteiger partial charge in [-0.05, 0) is 63.9 Å². The van der Waals surface area contributed by atoms with Gasteiger partial charge in [0.2, 0.25) is 0 Å². The van der Waals surface area contributed by atoms with Gasteiger partial charge in [-0.25, -0.2) is 0 Å². The van der Waals surface area contributed by atoms with Gasteiger partial charge in [0.1, 0.15) is 18.0 Å². The van der Waals surface area contributed by atoms with Crippen LogP contribution in [-0.2, 0) is 16.1 Å². The molecule has 1 aliphatic rings. The lowest BCUT2D eigenvalue weighted by atomic mass is 9.85. The van der Waals surface area contributed by atoms with Gasteiger partial charge in [-0.1, -0.05) is 37.5 Å². The average Bonchev–Trinajstić information content (AvgIpc) is 2.84. The molecular formula is C28H31NO5. The summed E-state index contributed by atoms with van der Waals surface area (Å²) in [6.07, 6.45) is 5.23. The molecule has 178 valence electrons. The summed E-state index contributed by atoms with van der Waals surface area (Å²) in [6.45, 7) is 5.21. The van der Waals surface area contributed by atoms with Crippen molar-refractivity contribution in [2.24, 2.45) is 5.41 Å². The maximum atomic E-state index is 13.6. The van der Waals surface area contributed by atoms with Crippen molar-refractivity contribution < 1.29 is 18.7 Å². The van der Waals surface area contributed by atoms with Gasteiger partial charge in [0, 0.05) is 17.2 Å². The van der Waals surface area contributed by atoms with E-state index in [9.17, 15) is 14.4 Å². The standard InChI is InChI=1S/C28H31NO5/c1-28(2,3)27(32)33-17-22-24(30)21-16-20(29-26(31)19-12-8-5-9-13-19)14-15-23(21)34-25(22)18-10-6-4-7-11-18/h5,8-9,12-16,18H,4,6-7,10-11,17H2,1-3H3,(H,29,31). The number of esters is 1. The van der Waals surface area contributed by atoms with E-state index in [1.54, 1.807) is 63.2 Å². The summed E-state index contributed by atoms with van der Waals surface area (Å²) in [5, 5.41) is 3.19. The minimum atomic E-state index is -0.670. The van der Waals surface area contributed by atoms with Crippen molar-refractivity contribution in [3.05, 3.63) is 75.6 Å².